The average molecular weight is 198 g/mol. The number of carbonyl (C=O) groups is 1. The molecule has 0 aliphatic rings. The Bertz CT molecular complexity index is 347. The fourth-order valence-electron chi connectivity index (χ4n) is 1.68. The van der Waals surface area contributed by atoms with Crippen molar-refractivity contribution in [3.8, 4) is 0 Å². The first-order valence-electron chi connectivity index (χ1n) is 4.33. The van der Waals surface area contributed by atoms with Gasteiger partial charge in [0.25, 0.3) is 0 Å². The second-order valence-electron chi connectivity index (χ2n) is 3.44. The van der Waals surface area contributed by atoms with E-state index in [-0.39, 0.29) is 5.56 Å². The summed E-state index contributed by atoms with van der Waals surface area (Å²) in [4.78, 5) is 11.1. The molecule has 0 aliphatic heterocycles. The van der Waals surface area contributed by atoms with E-state index in [1.54, 1.807) is 26.0 Å². The Morgan fingerprint density at radius 3 is 1.93 bits per heavy atom. The van der Waals surface area contributed by atoms with Crippen LogP contribution in [0.4, 0.5) is 8.78 Å². The van der Waals surface area contributed by atoms with Crippen LogP contribution in [0, 0.1) is 20.8 Å². The third kappa shape index (κ3) is 1.97. The summed E-state index contributed by atoms with van der Waals surface area (Å²) in [5.74, 6) is -1.08. The number of hydrogen-bond acceptors (Lipinski definition) is 1. The fraction of sp³-hybridized carbons (Fsp3) is 0.364. The van der Waals surface area contributed by atoms with Gasteiger partial charge in [-0.3, -0.25) is 4.79 Å². The quantitative estimate of drug-likeness (QED) is 0.667. The van der Waals surface area contributed by atoms with Gasteiger partial charge in [-0.1, -0.05) is 17.7 Å². The van der Waals surface area contributed by atoms with Crippen LogP contribution in [-0.4, -0.2) is 12.2 Å². The molecule has 0 saturated carbocycles. The molecule has 0 bridgehead atoms. The minimum atomic E-state index is -2.92. The van der Waals surface area contributed by atoms with Gasteiger partial charge in [0.15, 0.2) is 0 Å². The Labute approximate surface area is 81.7 Å². The zero-order valence-corrected chi connectivity index (χ0v) is 8.40. The second kappa shape index (κ2) is 3.86. The Balaban J connectivity index is 3.28. The van der Waals surface area contributed by atoms with Gasteiger partial charge in [-0.2, -0.15) is 0 Å². The van der Waals surface area contributed by atoms with Crippen LogP contribution >= 0.6 is 0 Å². The zero-order valence-electron chi connectivity index (χ0n) is 8.40. The van der Waals surface area contributed by atoms with Crippen LogP contribution in [0.15, 0.2) is 12.1 Å². The number of halogens is 2. The van der Waals surface area contributed by atoms with Crippen LogP contribution in [0.3, 0.4) is 0 Å². The van der Waals surface area contributed by atoms with Crippen molar-refractivity contribution in [2.45, 2.75) is 27.2 Å². The largest absolute Gasteiger partial charge is 0.300 e. The lowest BCUT2D eigenvalue weighted by molar-refractivity contribution is 0.0677. The van der Waals surface area contributed by atoms with E-state index in [1.807, 2.05) is 6.92 Å². The lowest BCUT2D eigenvalue weighted by Crippen LogP contribution is -2.13. The van der Waals surface area contributed by atoms with Gasteiger partial charge in [0.2, 0.25) is 5.78 Å². The molecule has 14 heavy (non-hydrogen) atoms. The number of aryl methyl sites for hydroxylation is 3. The number of rotatable bonds is 2. The summed E-state index contributed by atoms with van der Waals surface area (Å²) in [5.41, 5.74) is 2.37. The number of alkyl halides is 2. The SMILES string of the molecule is Cc1cc(C)c(C(=O)C(F)F)c(C)c1. The standard InChI is InChI=1S/C11H12F2O/c1-6-4-7(2)9(8(3)5-6)10(14)11(12)13/h4-5,11H,1-3H3. The molecule has 0 fully saturated rings. The highest BCUT2D eigenvalue weighted by molar-refractivity contribution is 6.01. The minimum absolute atomic E-state index is 0.158. The lowest BCUT2D eigenvalue weighted by Gasteiger charge is -2.09. The number of carbonyl (C=O) groups excluding carboxylic acids is 1. The molecule has 0 radical (unpaired) electrons. The normalized spacial score (nSPS) is 10.7. The summed E-state index contributed by atoms with van der Waals surface area (Å²) in [5, 5.41) is 0. The maximum Gasteiger partial charge on any atom is 0.300 e. The molecule has 0 N–H and O–H groups in total. The maximum atomic E-state index is 12.2. The van der Waals surface area contributed by atoms with Crippen molar-refractivity contribution in [3.05, 3.63) is 34.4 Å². The molecule has 0 unspecified atom stereocenters. The third-order valence-electron chi connectivity index (χ3n) is 2.12. The van der Waals surface area contributed by atoms with Crippen molar-refractivity contribution >= 4 is 5.78 Å². The van der Waals surface area contributed by atoms with E-state index in [0.29, 0.717) is 11.1 Å². The molecule has 0 heterocycles. The molecule has 0 spiro atoms. The van der Waals surface area contributed by atoms with Crippen LogP contribution in [-0.2, 0) is 0 Å². The second-order valence-corrected chi connectivity index (χ2v) is 3.44. The molecule has 0 aromatic heterocycles. The summed E-state index contributed by atoms with van der Waals surface area (Å²) in [6, 6.07) is 3.48. The molecule has 3 heteroatoms. The van der Waals surface area contributed by atoms with Crippen LogP contribution in [0.2, 0.25) is 0 Å². The average Bonchev–Trinajstić information content (AvgIpc) is 2.01. The predicted molar refractivity (Wildman–Crippen MR) is 51.0 cm³/mol. The molecular formula is C11H12F2O. The topological polar surface area (TPSA) is 17.1 Å². The van der Waals surface area contributed by atoms with Gasteiger partial charge in [-0.25, -0.2) is 8.78 Å². The van der Waals surface area contributed by atoms with Crippen molar-refractivity contribution in [2.75, 3.05) is 0 Å². The van der Waals surface area contributed by atoms with Gasteiger partial charge in [-0.15, -0.1) is 0 Å². The van der Waals surface area contributed by atoms with E-state index in [4.69, 9.17) is 0 Å². The summed E-state index contributed by atoms with van der Waals surface area (Å²) >= 11 is 0. The van der Waals surface area contributed by atoms with E-state index < -0.39 is 12.2 Å². The van der Waals surface area contributed by atoms with Crippen LogP contribution in [0.1, 0.15) is 27.0 Å². The minimum Gasteiger partial charge on any atom is -0.288 e. The summed E-state index contributed by atoms with van der Waals surface area (Å²) in [6.07, 6.45) is -2.92. The number of benzene rings is 1. The molecule has 1 rings (SSSR count). The first-order chi connectivity index (χ1) is 6.43. The Kier molecular flexibility index (Phi) is 2.99. The van der Waals surface area contributed by atoms with E-state index in [0.717, 1.165) is 5.56 Å². The van der Waals surface area contributed by atoms with Gasteiger partial charge < -0.3 is 0 Å². The molecule has 0 atom stereocenters. The first-order valence-corrected chi connectivity index (χ1v) is 4.33. The van der Waals surface area contributed by atoms with Crippen molar-refractivity contribution in [1.29, 1.82) is 0 Å². The highest BCUT2D eigenvalue weighted by Gasteiger charge is 2.21. The molecule has 0 saturated heterocycles. The number of hydrogen-bond donors (Lipinski definition) is 0. The maximum absolute atomic E-state index is 12.2. The van der Waals surface area contributed by atoms with Crippen molar-refractivity contribution < 1.29 is 13.6 Å². The zero-order chi connectivity index (χ0) is 10.9. The van der Waals surface area contributed by atoms with Crippen molar-refractivity contribution in [1.82, 2.24) is 0 Å². The molecule has 0 aliphatic carbocycles. The van der Waals surface area contributed by atoms with E-state index in [2.05, 4.69) is 0 Å². The Morgan fingerprint density at radius 2 is 1.57 bits per heavy atom. The van der Waals surface area contributed by atoms with E-state index in [1.165, 1.54) is 0 Å². The summed E-state index contributed by atoms with van der Waals surface area (Å²) < 4.78 is 24.5. The van der Waals surface area contributed by atoms with Gasteiger partial charge in [0, 0.05) is 5.56 Å². The molecule has 0 amide bonds. The van der Waals surface area contributed by atoms with Crippen molar-refractivity contribution in [2.24, 2.45) is 0 Å². The van der Waals surface area contributed by atoms with E-state index in [9.17, 15) is 13.6 Å². The van der Waals surface area contributed by atoms with Gasteiger partial charge in [0.05, 0.1) is 0 Å². The van der Waals surface area contributed by atoms with Crippen LogP contribution in [0.5, 0.6) is 0 Å². The van der Waals surface area contributed by atoms with Gasteiger partial charge >= 0.3 is 6.43 Å². The predicted octanol–water partition coefficient (Wildman–Crippen LogP) is 3.06. The lowest BCUT2D eigenvalue weighted by atomic mass is 9.97. The van der Waals surface area contributed by atoms with Crippen LogP contribution < -0.4 is 0 Å². The Hall–Kier alpha value is -1.25. The highest BCUT2D eigenvalue weighted by atomic mass is 19.3. The summed E-state index contributed by atoms with van der Waals surface area (Å²) in [6.45, 7) is 5.22. The van der Waals surface area contributed by atoms with Gasteiger partial charge in [0.1, 0.15) is 0 Å². The summed E-state index contributed by atoms with van der Waals surface area (Å²) in [7, 11) is 0. The number of Topliss-reactive ketones (excluding diaryl/α,β-unsaturated/α-hetero) is 1. The molecule has 1 nitrogen and oxygen atoms in total. The highest BCUT2D eigenvalue weighted by Crippen LogP contribution is 2.19. The van der Waals surface area contributed by atoms with Crippen LogP contribution in [0.25, 0.3) is 0 Å². The molecule has 1 aromatic carbocycles. The van der Waals surface area contributed by atoms with Crippen molar-refractivity contribution in [3.63, 3.8) is 0 Å². The smallest absolute Gasteiger partial charge is 0.288 e. The molecule has 76 valence electrons. The monoisotopic (exact) mass is 198 g/mol. The first kappa shape index (κ1) is 10.8. The number of ketones is 1. The molecular weight excluding hydrogens is 186 g/mol. The van der Waals surface area contributed by atoms with E-state index >= 15 is 0 Å². The fourth-order valence-corrected chi connectivity index (χ4v) is 1.68. The molecule has 1 aromatic rings. The van der Waals surface area contributed by atoms with Gasteiger partial charge in [-0.05, 0) is 31.9 Å². The third-order valence-corrected chi connectivity index (χ3v) is 2.12. The Morgan fingerprint density at radius 1 is 1.14 bits per heavy atom.